The molecule has 0 atom stereocenters. The number of aliphatic carboxylic acids is 1. The molecule has 0 saturated carbocycles. The predicted octanol–water partition coefficient (Wildman–Crippen LogP) is 0.898. The van der Waals surface area contributed by atoms with Gasteiger partial charge in [-0.3, -0.25) is 10.1 Å². The van der Waals surface area contributed by atoms with Gasteiger partial charge in [-0.1, -0.05) is 11.3 Å². The third-order valence-electron chi connectivity index (χ3n) is 1.80. The number of aromatic nitrogens is 2. The number of carboxylic acids is 1. The molecule has 0 saturated heterocycles. The van der Waals surface area contributed by atoms with Gasteiger partial charge in [0, 0.05) is 11.1 Å². The second-order valence-corrected chi connectivity index (χ2v) is 3.59. The lowest BCUT2D eigenvalue weighted by atomic mass is 10.1. The maximum Gasteiger partial charge on any atom is 0.331 e. The van der Waals surface area contributed by atoms with Crippen LogP contribution >= 0.6 is 11.3 Å². The van der Waals surface area contributed by atoms with Crippen LogP contribution in [0.2, 0.25) is 0 Å². The molecule has 0 radical (unpaired) electrons. The topological polar surface area (TPSA) is 92.2 Å². The molecule has 0 aliphatic heterocycles. The summed E-state index contributed by atoms with van der Waals surface area (Å²) in [5.41, 5.74) is 1.63. The average molecular weight is 227 g/mol. The Labute approximate surface area is 89.6 Å². The van der Waals surface area contributed by atoms with E-state index in [1.54, 1.807) is 0 Å². The number of carbonyl (C=O) groups excluding carboxylic acids is 1. The molecule has 1 heterocycles. The van der Waals surface area contributed by atoms with Crippen molar-refractivity contribution in [1.82, 2.24) is 10.2 Å². The van der Waals surface area contributed by atoms with E-state index in [2.05, 4.69) is 15.5 Å². The average Bonchev–Trinajstić information content (AvgIpc) is 2.67. The van der Waals surface area contributed by atoms with Crippen LogP contribution in [0.15, 0.2) is 16.7 Å². The van der Waals surface area contributed by atoms with Crippen molar-refractivity contribution in [3.8, 4) is 0 Å². The molecule has 2 N–H and O–H groups in total. The minimum Gasteiger partial charge on any atom is -0.478 e. The van der Waals surface area contributed by atoms with E-state index in [0.29, 0.717) is 5.13 Å². The molecule has 80 valence electrons. The van der Waals surface area contributed by atoms with E-state index in [1.807, 2.05) is 0 Å². The highest BCUT2D eigenvalue weighted by molar-refractivity contribution is 7.13. The zero-order chi connectivity index (χ0) is 11.4. The van der Waals surface area contributed by atoms with Crippen LogP contribution in [0.4, 0.5) is 5.13 Å². The summed E-state index contributed by atoms with van der Waals surface area (Å²) in [7, 11) is 0. The standard InChI is InChI=1S/C8H9N3O3S/c1-4(5(2)7(13)14)6(12)10-8-11-9-3-15-8/h3H,1-2H3,(H,13,14)(H,10,11,12)/b5-4-. The summed E-state index contributed by atoms with van der Waals surface area (Å²) in [6, 6.07) is 0. The van der Waals surface area contributed by atoms with E-state index in [-0.39, 0.29) is 11.1 Å². The maximum absolute atomic E-state index is 11.5. The van der Waals surface area contributed by atoms with Crippen LogP contribution < -0.4 is 5.32 Å². The van der Waals surface area contributed by atoms with E-state index in [0.717, 1.165) is 11.3 Å². The van der Waals surface area contributed by atoms with Gasteiger partial charge in [0.05, 0.1) is 0 Å². The van der Waals surface area contributed by atoms with Gasteiger partial charge in [-0.25, -0.2) is 4.79 Å². The van der Waals surface area contributed by atoms with Gasteiger partial charge in [0.25, 0.3) is 5.91 Å². The van der Waals surface area contributed by atoms with E-state index < -0.39 is 11.9 Å². The lowest BCUT2D eigenvalue weighted by Crippen LogP contribution is -2.16. The van der Waals surface area contributed by atoms with Gasteiger partial charge in [-0.05, 0) is 13.8 Å². The lowest BCUT2D eigenvalue weighted by molar-refractivity contribution is -0.133. The third-order valence-corrected chi connectivity index (χ3v) is 2.41. The number of anilines is 1. The second-order valence-electron chi connectivity index (χ2n) is 2.75. The van der Waals surface area contributed by atoms with Crippen molar-refractivity contribution in [2.75, 3.05) is 5.32 Å². The third kappa shape index (κ3) is 2.84. The van der Waals surface area contributed by atoms with Gasteiger partial charge in [0.2, 0.25) is 5.13 Å². The largest absolute Gasteiger partial charge is 0.478 e. The highest BCUT2D eigenvalue weighted by Crippen LogP contribution is 2.11. The summed E-state index contributed by atoms with van der Waals surface area (Å²) >= 11 is 1.16. The first-order chi connectivity index (χ1) is 7.02. The number of nitrogens with zero attached hydrogens (tertiary/aromatic N) is 2. The van der Waals surface area contributed by atoms with Crippen molar-refractivity contribution in [2.24, 2.45) is 0 Å². The van der Waals surface area contributed by atoms with Gasteiger partial charge in [-0.15, -0.1) is 10.2 Å². The van der Waals surface area contributed by atoms with Crippen molar-refractivity contribution in [3.63, 3.8) is 0 Å². The van der Waals surface area contributed by atoms with Crippen molar-refractivity contribution in [2.45, 2.75) is 13.8 Å². The quantitative estimate of drug-likeness (QED) is 0.748. The van der Waals surface area contributed by atoms with Crippen LogP contribution in [-0.2, 0) is 9.59 Å². The molecule has 1 aromatic rings. The van der Waals surface area contributed by atoms with Crippen LogP contribution in [0, 0.1) is 0 Å². The van der Waals surface area contributed by atoms with Crippen LogP contribution in [-0.4, -0.2) is 27.2 Å². The first-order valence-electron chi connectivity index (χ1n) is 4.00. The van der Waals surface area contributed by atoms with Crippen molar-refractivity contribution >= 4 is 28.3 Å². The van der Waals surface area contributed by atoms with E-state index >= 15 is 0 Å². The Morgan fingerprint density at radius 1 is 1.40 bits per heavy atom. The van der Waals surface area contributed by atoms with Crippen LogP contribution in [0.5, 0.6) is 0 Å². The first-order valence-corrected chi connectivity index (χ1v) is 4.88. The second kappa shape index (κ2) is 4.65. The Balaban J connectivity index is 2.78. The monoisotopic (exact) mass is 227 g/mol. The zero-order valence-corrected chi connectivity index (χ0v) is 8.96. The summed E-state index contributed by atoms with van der Waals surface area (Å²) in [6.45, 7) is 2.82. The molecule has 0 aromatic carbocycles. The number of nitrogens with one attached hydrogen (secondary N) is 1. The molecule has 1 aromatic heterocycles. The minimum atomic E-state index is -1.11. The number of rotatable bonds is 3. The molecule has 0 aliphatic rings. The smallest absolute Gasteiger partial charge is 0.331 e. The maximum atomic E-state index is 11.5. The summed E-state index contributed by atoms with van der Waals surface area (Å²) in [6.07, 6.45) is 0. The molecule has 0 aliphatic carbocycles. The minimum absolute atomic E-state index is 0.0111. The molecular weight excluding hydrogens is 218 g/mol. The number of amides is 1. The molecular formula is C8H9N3O3S. The number of hydrogen-bond donors (Lipinski definition) is 2. The number of carbonyl (C=O) groups is 2. The SMILES string of the molecule is C/C(C(=O)O)=C(\C)C(=O)Nc1nncs1. The van der Waals surface area contributed by atoms with Crippen molar-refractivity contribution in [3.05, 3.63) is 16.7 Å². The van der Waals surface area contributed by atoms with Gasteiger partial charge >= 0.3 is 5.97 Å². The Hall–Kier alpha value is -1.76. The van der Waals surface area contributed by atoms with Gasteiger partial charge in [0.1, 0.15) is 5.51 Å². The zero-order valence-electron chi connectivity index (χ0n) is 8.14. The van der Waals surface area contributed by atoms with E-state index in [1.165, 1.54) is 19.4 Å². The van der Waals surface area contributed by atoms with Crippen molar-refractivity contribution in [1.29, 1.82) is 0 Å². The molecule has 1 rings (SSSR count). The molecule has 0 unspecified atom stereocenters. The first kappa shape index (κ1) is 11.3. The Morgan fingerprint density at radius 2 is 2.07 bits per heavy atom. The normalized spacial score (nSPS) is 11.9. The summed E-state index contributed by atoms with van der Waals surface area (Å²) in [5, 5.41) is 18.6. The fourth-order valence-corrected chi connectivity index (χ4v) is 1.19. The van der Waals surface area contributed by atoms with Crippen LogP contribution in [0.3, 0.4) is 0 Å². The van der Waals surface area contributed by atoms with Gasteiger partial charge in [-0.2, -0.15) is 0 Å². The Kier molecular flexibility index (Phi) is 3.51. The predicted molar refractivity (Wildman–Crippen MR) is 54.5 cm³/mol. The highest BCUT2D eigenvalue weighted by Gasteiger charge is 2.13. The molecule has 15 heavy (non-hydrogen) atoms. The molecule has 7 heteroatoms. The van der Waals surface area contributed by atoms with Gasteiger partial charge in [0.15, 0.2) is 0 Å². The lowest BCUT2D eigenvalue weighted by Gasteiger charge is -2.02. The fraction of sp³-hybridized carbons (Fsp3) is 0.250. The highest BCUT2D eigenvalue weighted by atomic mass is 32.1. The summed E-state index contributed by atoms with van der Waals surface area (Å²) in [5.74, 6) is -1.59. The Bertz CT molecular complexity index is 411. The molecule has 0 spiro atoms. The van der Waals surface area contributed by atoms with Gasteiger partial charge < -0.3 is 5.11 Å². The number of hydrogen-bond acceptors (Lipinski definition) is 5. The fourth-order valence-electron chi connectivity index (χ4n) is 0.749. The van der Waals surface area contributed by atoms with Crippen LogP contribution in [0.25, 0.3) is 0 Å². The van der Waals surface area contributed by atoms with Crippen molar-refractivity contribution < 1.29 is 14.7 Å². The molecule has 0 bridgehead atoms. The summed E-state index contributed by atoms with van der Waals surface area (Å²) < 4.78 is 0. The Morgan fingerprint density at radius 3 is 2.53 bits per heavy atom. The summed E-state index contributed by atoms with van der Waals surface area (Å²) in [4.78, 5) is 22.0. The van der Waals surface area contributed by atoms with E-state index in [4.69, 9.17) is 5.11 Å². The van der Waals surface area contributed by atoms with E-state index in [9.17, 15) is 9.59 Å². The molecule has 6 nitrogen and oxygen atoms in total. The number of carboxylic acid groups (broad SMARTS) is 1. The molecule has 0 fully saturated rings. The molecule has 1 amide bonds. The van der Waals surface area contributed by atoms with Crippen LogP contribution in [0.1, 0.15) is 13.8 Å².